The van der Waals surface area contributed by atoms with Gasteiger partial charge in [0.2, 0.25) is 5.91 Å². The van der Waals surface area contributed by atoms with Gasteiger partial charge >= 0.3 is 0 Å². The number of nitriles is 1. The zero-order valence-electron chi connectivity index (χ0n) is 8.70. The molecule has 0 aliphatic carbocycles. The Morgan fingerprint density at radius 2 is 2.38 bits per heavy atom. The topological polar surface area (TPSA) is 56.1 Å². The number of nitrogens with one attached hydrogen (secondary N) is 1. The SMILES string of the molecule is CNC1C(=O)N(CC#N)c2cc(F)ccc21. The second kappa shape index (κ2) is 3.91. The molecule has 1 amide bonds. The van der Waals surface area contributed by atoms with Gasteiger partial charge in [-0.2, -0.15) is 5.26 Å². The van der Waals surface area contributed by atoms with E-state index in [0.29, 0.717) is 11.3 Å². The molecule has 4 nitrogen and oxygen atoms in total. The normalized spacial score (nSPS) is 18.4. The molecule has 0 spiro atoms. The van der Waals surface area contributed by atoms with Gasteiger partial charge in [0.1, 0.15) is 18.4 Å². The molecular weight excluding hydrogens is 209 g/mol. The number of carbonyl (C=O) groups is 1. The quantitative estimate of drug-likeness (QED) is 0.753. The Labute approximate surface area is 92.3 Å². The molecule has 1 unspecified atom stereocenters. The first-order valence-corrected chi connectivity index (χ1v) is 4.84. The van der Waals surface area contributed by atoms with Gasteiger partial charge in [0, 0.05) is 5.56 Å². The molecule has 5 heteroatoms. The number of anilines is 1. The van der Waals surface area contributed by atoms with Crippen molar-refractivity contribution in [2.45, 2.75) is 6.04 Å². The number of hydrogen-bond donors (Lipinski definition) is 1. The molecule has 0 aromatic heterocycles. The molecule has 1 aliphatic heterocycles. The predicted octanol–water partition coefficient (Wildman–Crippen LogP) is 0.956. The van der Waals surface area contributed by atoms with Crippen LogP contribution < -0.4 is 10.2 Å². The zero-order chi connectivity index (χ0) is 11.7. The number of rotatable bonds is 2. The van der Waals surface area contributed by atoms with Crippen LogP contribution in [0.25, 0.3) is 0 Å². The first kappa shape index (κ1) is 10.6. The van der Waals surface area contributed by atoms with Gasteiger partial charge in [-0.15, -0.1) is 0 Å². The van der Waals surface area contributed by atoms with Gasteiger partial charge in [-0.3, -0.25) is 9.69 Å². The minimum absolute atomic E-state index is 0.0620. The van der Waals surface area contributed by atoms with Crippen LogP contribution in [0.5, 0.6) is 0 Å². The smallest absolute Gasteiger partial charge is 0.249 e. The van der Waals surface area contributed by atoms with E-state index >= 15 is 0 Å². The van der Waals surface area contributed by atoms with Crippen molar-refractivity contribution in [3.05, 3.63) is 29.6 Å². The largest absolute Gasteiger partial charge is 0.305 e. The standard InChI is InChI=1S/C11H10FN3O/c1-14-10-8-3-2-7(12)6-9(8)15(5-4-13)11(10)16/h2-3,6,10,14H,5H2,1H3. The molecule has 1 heterocycles. The van der Waals surface area contributed by atoms with Crippen LogP contribution >= 0.6 is 0 Å². The number of nitrogens with zero attached hydrogens (tertiary/aromatic N) is 2. The van der Waals surface area contributed by atoms with Crippen molar-refractivity contribution in [3.8, 4) is 6.07 Å². The molecule has 1 aromatic carbocycles. The molecule has 82 valence electrons. The van der Waals surface area contributed by atoms with Crippen LogP contribution in [-0.2, 0) is 4.79 Å². The average Bonchev–Trinajstić information content (AvgIpc) is 2.52. The Morgan fingerprint density at radius 1 is 1.62 bits per heavy atom. The minimum Gasteiger partial charge on any atom is -0.305 e. The van der Waals surface area contributed by atoms with Gasteiger partial charge in [-0.25, -0.2) is 4.39 Å². The molecule has 1 atom stereocenters. The maximum absolute atomic E-state index is 13.1. The molecule has 1 N–H and O–H groups in total. The maximum atomic E-state index is 13.1. The van der Waals surface area contributed by atoms with Gasteiger partial charge in [-0.1, -0.05) is 6.07 Å². The molecular formula is C11H10FN3O. The van der Waals surface area contributed by atoms with Crippen molar-refractivity contribution < 1.29 is 9.18 Å². The summed E-state index contributed by atoms with van der Waals surface area (Å²) in [4.78, 5) is 13.2. The fourth-order valence-electron chi connectivity index (χ4n) is 1.92. The monoisotopic (exact) mass is 219 g/mol. The third-order valence-electron chi connectivity index (χ3n) is 2.62. The van der Waals surface area contributed by atoms with E-state index in [1.807, 2.05) is 6.07 Å². The lowest BCUT2D eigenvalue weighted by Gasteiger charge is -2.13. The van der Waals surface area contributed by atoms with E-state index in [4.69, 9.17) is 5.26 Å². The summed E-state index contributed by atoms with van der Waals surface area (Å²) in [5, 5.41) is 11.5. The van der Waals surface area contributed by atoms with Gasteiger partial charge in [0.15, 0.2) is 0 Å². The lowest BCUT2D eigenvalue weighted by atomic mass is 10.1. The molecule has 0 fully saturated rings. The van der Waals surface area contributed by atoms with Crippen molar-refractivity contribution in [3.63, 3.8) is 0 Å². The summed E-state index contributed by atoms with van der Waals surface area (Å²) in [6, 6.07) is 5.58. The van der Waals surface area contributed by atoms with Crippen molar-refractivity contribution in [2.24, 2.45) is 0 Å². The summed E-state index contributed by atoms with van der Waals surface area (Å²) in [5.74, 6) is -0.629. The summed E-state index contributed by atoms with van der Waals surface area (Å²) < 4.78 is 13.1. The molecule has 2 rings (SSSR count). The van der Waals surface area contributed by atoms with Crippen LogP contribution in [0, 0.1) is 17.1 Å². The number of amides is 1. The van der Waals surface area contributed by atoms with E-state index in [1.165, 1.54) is 17.0 Å². The molecule has 0 bridgehead atoms. The van der Waals surface area contributed by atoms with E-state index in [1.54, 1.807) is 13.1 Å². The Kier molecular flexibility index (Phi) is 2.59. The molecule has 0 saturated heterocycles. The molecule has 0 saturated carbocycles. The van der Waals surface area contributed by atoms with Gasteiger partial charge in [0.05, 0.1) is 11.8 Å². The van der Waals surface area contributed by atoms with E-state index in [9.17, 15) is 9.18 Å². The van der Waals surface area contributed by atoms with Gasteiger partial charge in [-0.05, 0) is 19.2 Å². The highest BCUT2D eigenvalue weighted by molar-refractivity contribution is 6.04. The second-order valence-electron chi connectivity index (χ2n) is 3.51. The summed E-state index contributed by atoms with van der Waals surface area (Å²) >= 11 is 0. The maximum Gasteiger partial charge on any atom is 0.249 e. The zero-order valence-corrected chi connectivity index (χ0v) is 8.70. The number of fused-ring (bicyclic) bond motifs is 1. The van der Waals surface area contributed by atoms with Crippen molar-refractivity contribution in [1.29, 1.82) is 5.26 Å². The van der Waals surface area contributed by atoms with E-state index < -0.39 is 11.9 Å². The summed E-state index contributed by atoms with van der Waals surface area (Å²) in [6.45, 7) is -0.0620. The van der Waals surface area contributed by atoms with Gasteiger partial charge in [0.25, 0.3) is 0 Å². The van der Waals surface area contributed by atoms with E-state index in [2.05, 4.69) is 5.32 Å². The van der Waals surface area contributed by atoms with Crippen LogP contribution in [-0.4, -0.2) is 19.5 Å². The molecule has 0 radical (unpaired) electrons. The summed E-state index contributed by atoms with van der Waals surface area (Å²) in [5.41, 5.74) is 1.19. The molecule has 16 heavy (non-hydrogen) atoms. The summed E-state index contributed by atoms with van der Waals surface area (Å²) in [7, 11) is 1.66. The first-order valence-electron chi connectivity index (χ1n) is 4.84. The molecule has 1 aliphatic rings. The van der Waals surface area contributed by atoms with Gasteiger partial charge < -0.3 is 5.32 Å². The van der Waals surface area contributed by atoms with Crippen molar-refractivity contribution >= 4 is 11.6 Å². The van der Waals surface area contributed by atoms with E-state index in [0.717, 1.165) is 0 Å². The highest BCUT2D eigenvalue weighted by atomic mass is 19.1. The van der Waals surface area contributed by atoms with Crippen LogP contribution in [0.1, 0.15) is 11.6 Å². The molecule has 1 aromatic rings. The third kappa shape index (κ3) is 1.44. The number of carbonyl (C=O) groups excluding carboxylic acids is 1. The Morgan fingerprint density at radius 3 is 3.00 bits per heavy atom. The lowest BCUT2D eigenvalue weighted by Crippen LogP contribution is -2.33. The Bertz CT molecular complexity index is 481. The van der Waals surface area contributed by atoms with Crippen LogP contribution in [0.15, 0.2) is 18.2 Å². The lowest BCUT2D eigenvalue weighted by molar-refractivity contribution is -0.119. The summed E-state index contributed by atoms with van der Waals surface area (Å²) in [6.07, 6.45) is 0. The second-order valence-corrected chi connectivity index (χ2v) is 3.51. The number of halogens is 1. The number of hydrogen-bond acceptors (Lipinski definition) is 3. The fraction of sp³-hybridized carbons (Fsp3) is 0.273. The van der Waals surface area contributed by atoms with Crippen LogP contribution in [0.4, 0.5) is 10.1 Å². The Hall–Kier alpha value is -1.93. The predicted molar refractivity (Wildman–Crippen MR) is 56.2 cm³/mol. The Balaban J connectivity index is 2.51. The van der Waals surface area contributed by atoms with Crippen LogP contribution in [0.2, 0.25) is 0 Å². The van der Waals surface area contributed by atoms with E-state index in [-0.39, 0.29) is 12.5 Å². The van der Waals surface area contributed by atoms with Crippen molar-refractivity contribution in [1.82, 2.24) is 5.32 Å². The highest BCUT2D eigenvalue weighted by Gasteiger charge is 2.36. The number of benzene rings is 1. The first-order chi connectivity index (χ1) is 7.69. The average molecular weight is 219 g/mol. The van der Waals surface area contributed by atoms with Crippen molar-refractivity contribution in [2.75, 3.05) is 18.5 Å². The minimum atomic E-state index is -0.482. The fourth-order valence-corrected chi connectivity index (χ4v) is 1.92. The highest BCUT2D eigenvalue weighted by Crippen LogP contribution is 2.35. The number of likely N-dealkylation sites (N-methyl/N-ethyl adjacent to an activating group) is 1. The third-order valence-corrected chi connectivity index (χ3v) is 2.62. The van der Waals surface area contributed by atoms with Crippen LogP contribution in [0.3, 0.4) is 0 Å².